The SMILES string of the molecule is C.Cc1c(C)c2c(c(C)c1OCc1ccccc1)CCC(C)(CCO)O2. The predicted octanol–water partition coefficient (Wildman–Crippen LogP) is 5.29. The summed E-state index contributed by atoms with van der Waals surface area (Å²) in [7, 11) is 0. The van der Waals surface area contributed by atoms with Gasteiger partial charge in [-0.2, -0.15) is 0 Å². The largest absolute Gasteiger partial charge is 0.488 e. The summed E-state index contributed by atoms with van der Waals surface area (Å²) < 4.78 is 12.6. The number of aliphatic hydroxyl groups is 1. The molecule has 3 heteroatoms. The molecule has 1 aliphatic rings. The van der Waals surface area contributed by atoms with Gasteiger partial charge in [-0.05, 0) is 62.8 Å². The Bertz CT molecular complexity index is 752. The Morgan fingerprint density at radius 1 is 1.08 bits per heavy atom. The highest BCUT2D eigenvalue weighted by atomic mass is 16.5. The summed E-state index contributed by atoms with van der Waals surface area (Å²) in [6.45, 7) is 9.16. The lowest BCUT2D eigenvalue weighted by Gasteiger charge is -2.38. The van der Waals surface area contributed by atoms with Gasteiger partial charge in [0.05, 0.1) is 0 Å². The molecular formula is C23H32O3. The Morgan fingerprint density at radius 3 is 2.42 bits per heavy atom. The fourth-order valence-corrected chi connectivity index (χ4v) is 3.64. The fourth-order valence-electron chi connectivity index (χ4n) is 3.64. The van der Waals surface area contributed by atoms with Gasteiger partial charge in [-0.15, -0.1) is 0 Å². The van der Waals surface area contributed by atoms with E-state index < -0.39 is 0 Å². The van der Waals surface area contributed by atoms with E-state index >= 15 is 0 Å². The molecule has 0 amide bonds. The van der Waals surface area contributed by atoms with E-state index in [4.69, 9.17) is 9.47 Å². The van der Waals surface area contributed by atoms with Gasteiger partial charge in [0, 0.05) is 18.6 Å². The third kappa shape index (κ3) is 3.88. The second-order valence-corrected chi connectivity index (χ2v) is 7.31. The van der Waals surface area contributed by atoms with Crippen LogP contribution in [0.15, 0.2) is 30.3 Å². The van der Waals surface area contributed by atoms with E-state index in [2.05, 4.69) is 39.8 Å². The van der Waals surface area contributed by atoms with Crippen LogP contribution in [-0.4, -0.2) is 17.3 Å². The molecule has 1 aliphatic heterocycles. The first-order chi connectivity index (χ1) is 11.9. The van der Waals surface area contributed by atoms with Gasteiger partial charge in [0.1, 0.15) is 23.7 Å². The molecule has 0 aliphatic carbocycles. The molecule has 0 bridgehead atoms. The van der Waals surface area contributed by atoms with Crippen molar-refractivity contribution in [3.63, 3.8) is 0 Å². The first-order valence-electron chi connectivity index (χ1n) is 9.04. The van der Waals surface area contributed by atoms with Gasteiger partial charge in [0.15, 0.2) is 0 Å². The topological polar surface area (TPSA) is 38.7 Å². The zero-order chi connectivity index (χ0) is 18.0. The molecule has 2 aromatic carbocycles. The Kier molecular flexibility index (Phi) is 6.35. The number of hydrogen-bond donors (Lipinski definition) is 1. The first kappa shape index (κ1) is 20.3. The summed E-state index contributed by atoms with van der Waals surface area (Å²) in [5.41, 5.74) is 5.61. The van der Waals surface area contributed by atoms with Gasteiger partial charge in [-0.1, -0.05) is 37.8 Å². The van der Waals surface area contributed by atoms with Crippen molar-refractivity contribution < 1.29 is 14.6 Å². The van der Waals surface area contributed by atoms with Gasteiger partial charge in [0.25, 0.3) is 0 Å². The van der Waals surface area contributed by atoms with Gasteiger partial charge in [-0.25, -0.2) is 0 Å². The molecule has 3 nitrogen and oxygen atoms in total. The third-order valence-corrected chi connectivity index (χ3v) is 5.43. The molecule has 1 N–H and O–H groups in total. The van der Waals surface area contributed by atoms with Crippen LogP contribution in [0.1, 0.15) is 55.0 Å². The van der Waals surface area contributed by atoms with Crippen LogP contribution in [0.25, 0.3) is 0 Å². The smallest absolute Gasteiger partial charge is 0.127 e. The highest BCUT2D eigenvalue weighted by Gasteiger charge is 2.34. The average molecular weight is 357 g/mol. The molecule has 0 fully saturated rings. The third-order valence-electron chi connectivity index (χ3n) is 5.43. The summed E-state index contributed by atoms with van der Waals surface area (Å²) in [4.78, 5) is 0. The van der Waals surface area contributed by atoms with Crippen molar-refractivity contribution >= 4 is 0 Å². The highest BCUT2D eigenvalue weighted by Crippen LogP contribution is 2.44. The molecule has 26 heavy (non-hydrogen) atoms. The van der Waals surface area contributed by atoms with Crippen LogP contribution in [0.5, 0.6) is 11.5 Å². The van der Waals surface area contributed by atoms with Crippen molar-refractivity contribution in [1.29, 1.82) is 0 Å². The quantitative estimate of drug-likeness (QED) is 0.791. The Hall–Kier alpha value is -2.00. The predicted molar refractivity (Wildman–Crippen MR) is 107 cm³/mol. The first-order valence-corrected chi connectivity index (χ1v) is 9.04. The van der Waals surface area contributed by atoms with Crippen LogP contribution < -0.4 is 9.47 Å². The molecule has 0 saturated carbocycles. The lowest BCUT2D eigenvalue weighted by molar-refractivity contribution is 0.0377. The van der Waals surface area contributed by atoms with E-state index in [-0.39, 0.29) is 19.6 Å². The molecule has 0 spiro atoms. The Morgan fingerprint density at radius 2 is 1.77 bits per heavy atom. The van der Waals surface area contributed by atoms with Gasteiger partial charge >= 0.3 is 0 Å². The summed E-state index contributed by atoms with van der Waals surface area (Å²) in [6, 6.07) is 10.3. The number of fused-ring (bicyclic) bond motifs is 1. The maximum Gasteiger partial charge on any atom is 0.127 e. The normalized spacial score (nSPS) is 18.5. The second-order valence-electron chi connectivity index (χ2n) is 7.31. The van der Waals surface area contributed by atoms with E-state index in [0.29, 0.717) is 13.0 Å². The minimum atomic E-state index is -0.280. The summed E-state index contributed by atoms with van der Waals surface area (Å²) in [5.74, 6) is 1.97. The van der Waals surface area contributed by atoms with Crippen LogP contribution >= 0.6 is 0 Å². The minimum absolute atomic E-state index is 0. The van der Waals surface area contributed by atoms with Crippen molar-refractivity contribution in [1.82, 2.24) is 0 Å². The van der Waals surface area contributed by atoms with Gasteiger partial charge in [0.2, 0.25) is 0 Å². The van der Waals surface area contributed by atoms with Crippen LogP contribution in [-0.2, 0) is 13.0 Å². The van der Waals surface area contributed by atoms with Crippen molar-refractivity contribution in [3.8, 4) is 11.5 Å². The molecule has 2 aromatic rings. The standard InChI is InChI=1S/C22H28O3.CH4/c1-15-16(2)21-19(10-11-22(4,25-21)12-13-23)17(3)20(15)24-14-18-8-6-5-7-9-18;/h5-9,23H,10-14H2,1-4H3;1H4. The van der Waals surface area contributed by atoms with E-state index in [1.807, 2.05) is 18.2 Å². The summed E-state index contributed by atoms with van der Waals surface area (Å²) >= 11 is 0. The van der Waals surface area contributed by atoms with Gasteiger partial charge in [-0.3, -0.25) is 0 Å². The maximum absolute atomic E-state index is 9.33. The van der Waals surface area contributed by atoms with Crippen molar-refractivity contribution in [2.75, 3.05) is 6.61 Å². The van der Waals surface area contributed by atoms with E-state index in [9.17, 15) is 5.11 Å². The molecular weight excluding hydrogens is 324 g/mol. The van der Waals surface area contributed by atoms with E-state index in [1.54, 1.807) is 0 Å². The molecule has 142 valence electrons. The van der Waals surface area contributed by atoms with E-state index in [1.165, 1.54) is 16.7 Å². The molecule has 0 aromatic heterocycles. The molecule has 0 saturated heterocycles. The van der Waals surface area contributed by atoms with Gasteiger partial charge < -0.3 is 14.6 Å². The second kappa shape index (κ2) is 8.13. The molecule has 1 atom stereocenters. The van der Waals surface area contributed by atoms with Crippen LogP contribution in [0.2, 0.25) is 0 Å². The van der Waals surface area contributed by atoms with Crippen molar-refractivity contribution in [2.45, 2.75) is 66.6 Å². The zero-order valence-corrected chi connectivity index (χ0v) is 15.7. The molecule has 1 unspecified atom stereocenters. The number of hydrogen-bond acceptors (Lipinski definition) is 3. The number of aliphatic hydroxyl groups excluding tert-OH is 1. The summed E-state index contributed by atoms with van der Waals surface area (Å²) in [6.07, 6.45) is 2.54. The average Bonchev–Trinajstić information content (AvgIpc) is 2.60. The molecule has 1 heterocycles. The lowest BCUT2D eigenvalue weighted by Crippen LogP contribution is -2.38. The van der Waals surface area contributed by atoms with Crippen LogP contribution in [0.4, 0.5) is 0 Å². The fraction of sp³-hybridized carbons (Fsp3) is 0.478. The van der Waals surface area contributed by atoms with Crippen LogP contribution in [0.3, 0.4) is 0 Å². The van der Waals surface area contributed by atoms with E-state index in [0.717, 1.165) is 35.5 Å². The number of benzene rings is 2. The Labute approximate surface area is 158 Å². The minimum Gasteiger partial charge on any atom is -0.488 e. The summed E-state index contributed by atoms with van der Waals surface area (Å²) in [5, 5.41) is 9.33. The highest BCUT2D eigenvalue weighted by molar-refractivity contribution is 5.59. The number of rotatable bonds is 5. The maximum atomic E-state index is 9.33. The van der Waals surface area contributed by atoms with Crippen LogP contribution in [0, 0.1) is 20.8 Å². The molecule has 0 radical (unpaired) electrons. The monoisotopic (exact) mass is 356 g/mol. The molecule has 3 rings (SSSR count). The zero-order valence-electron chi connectivity index (χ0n) is 15.7. The lowest BCUT2D eigenvalue weighted by atomic mass is 9.86. The van der Waals surface area contributed by atoms with Crippen molar-refractivity contribution in [3.05, 3.63) is 58.1 Å². The number of ether oxygens (including phenoxy) is 2. The van der Waals surface area contributed by atoms with Crippen molar-refractivity contribution in [2.24, 2.45) is 0 Å². The Balaban J connectivity index is 0.00000243.